The fourth-order valence-corrected chi connectivity index (χ4v) is 4.68. The number of rotatable bonds is 2. The number of benzene rings is 2. The smallest absolute Gasteiger partial charge is 0.240 e. The molecule has 3 heterocycles. The van der Waals surface area contributed by atoms with Gasteiger partial charge in [0.15, 0.2) is 0 Å². The average Bonchev–Trinajstić information content (AvgIpc) is 2.94. The number of nitrogens with one attached hydrogen (secondary N) is 1. The van der Waals surface area contributed by atoms with E-state index in [1.54, 1.807) is 0 Å². The molecular weight excluding hydrogens is 360 g/mol. The molecule has 0 aliphatic carbocycles. The van der Waals surface area contributed by atoms with Gasteiger partial charge in [0.25, 0.3) is 0 Å². The summed E-state index contributed by atoms with van der Waals surface area (Å²) in [5, 5.41) is 8.24. The van der Waals surface area contributed by atoms with Crippen molar-refractivity contribution >= 4 is 5.91 Å². The minimum atomic E-state index is -0.127. The highest BCUT2D eigenvalue weighted by atomic mass is 16.2. The van der Waals surface area contributed by atoms with E-state index in [4.69, 9.17) is 5.10 Å². The van der Waals surface area contributed by atoms with Gasteiger partial charge in [0.1, 0.15) is 0 Å². The lowest BCUT2D eigenvalue weighted by molar-refractivity contribution is -0.133. The van der Waals surface area contributed by atoms with Crippen LogP contribution in [-0.2, 0) is 37.6 Å². The van der Waals surface area contributed by atoms with Crippen molar-refractivity contribution in [1.29, 1.82) is 0 Å². The summed E-state index contributed by atoms with van der Waals surface area (Å²) in [6, 6.07) is 18.6. The molecule has 1 N–H and O–H groups in total. The first-order valence-electron chi connectivity index (χ1n) is 10.4. The van der Waals surface area contributed by atoms with E-state index in [9.17, 15) is 4.79 Å². The highest BCUT2D eigenvalue weighted by molar-refractivity contribution is 5.83. The van der Waals surface area contributed by atoms with Crippen LogP contribution in [0, 0.1) is 0 Å². The summed E-state index contributed by atoms with van der Waals surface area (Å²) in [6.45, 7) is 2.26. The summed E-state index contributed by atoms with van der Waals surface area (Å²) >= 11 is 0. The van der Waals surface area contributed by atoms with Crippen LogP contribution in [0.2, 0.25) is 0 Å². The molecule has 0 bridgehead atoms. The van der Waals surface area contributed by atoms with Crippen LogP contribution in [-0.4, -0.2) is 39.7 Å². The number of hydrogen-bond acceptors (Lipinski definition) is 3. The Morgan fingerprint density at radius 2 is 1.72 bits per heavy atom. The lowest BCUT2D eigenvalue weighted by Gasteiger charge is -2.30. The second kappa shape index (κ2) is 7.48. The summed E-state index contributed by atoms with van der Waals surface area (Å²) in [6.07, 6.45) is 2.47. The van der Waals surface area contributed by atoms with E-state index < -0.39 is 0 Å². The second-order valence-corrected chi connectivity index (χ2v) is 8.00. The third-order valence-electron chi connectivity index (χ3n) is 6.26. The number of aromatic nitrogens is 2. The first kappa shape index (κ1) is 18.1. The predicted molar refractivity (Wildman–Crippen MR) is 113 cm³/mol. The van der Waals surface area contributed by atoms with Crippen molar-refractivity contribution in [2.24, 2.45) is 7.05 Å². The zero-order chi connectivity index (χ0) is 19.8. The molecule has 1 amide bonds. The molecule has 148 valence electrons. The van der Waals surface area contributed by atoms with Gasteiger partial charge in [0.2, 0.25) is 5.91 Å². The SMILES string of the molecule is Cn1nc(-c2ccccc2)c2c1CCN(C(=O)[C@H]1Cc3ccccc3CN1)CC2. The Morgan fingerprint density at radius 1 is 1.00 bits per heavy atom. The van der Waals surface area contributed by atoms with Gasteiger partial charge in [-0.25, -0.2) is 0 Å². The summed E-state index contributed by atoms with van der Waals surface area (Å²) < 4.78 is 2.00. The molecule has 2 aliphatic heterocycles. The van der Waals surface area contributed by atoms with E-state index >= 15 is 0 Å². The summed E-state index contributed by atoms with van der Waals surface area (Å²) in [5.74, 6) is 0.224. The van der Waals surface area contributed by atoms with E-state index in [2.05, 4.69) is 53.8 Å². The van der Waals surface area contributed by atoms with Crippen LogP contribution in [0.1, 0.15) is 22.4 Å². The zero-order valence-electron chi connectivity index (χ0n) is 16.8. The van der Waals surface area contributed by atoms with E-state index in [-0.39, 0.29) is 11.9 Å². The van der Waals surface area contributed by atoms with Gasteiger partial charge in [0.05, 0.1) is 11.7 Å². The Kier molecular flexibility index (Phi) is 4.68. The van der Waals surface area contributed by atoms with Crippen molar-refractivity contribution in [1.82, 2.24) is 20.0 Å². The van der Waals surface area contributed by atoms with Gasteiger partial charge in [-0.3, -0.25) is 9.48 Å². The number of hydrogen-bond donors (Lipinski definition) is 1. The molecular formula is C24H26N4O. The van der Waals surface area contributed by atoms with Crippen molar-refractivity contribution in [2.75, 3.05) is 13.1 Å². The number of aryl methyl sites for hydroxylation is 1. The maximum absolute atomic E-state index is 13.3. The lowest BCUT2D eigenvalue weighted by atomic mass is 9.95. The summed E-state index contributed by atoms with van der Waals surface area (Å²) in [5.41, 5.74) is 7.34. The third kappa shape index (κ3) is 3.36. The number of fused-ring (bicyclic) bond motifs is 2. The maximum atomic E-state index is 13.3. The Balaban J connectivity index is 1.34. The van der Waals surface area contributed by atoms with Gasteiger partial charge in [-0.1, -0.05) is 54.6 Å². The molecule has 5 heteroatoms. The number of carbonyl (C=O) groups excluding carboxylic acids is 1. The van der Waals surface area contributed by atoms with E-state index in [0.717, 1.165) is 50.2 Å². The predicted octanol–water partition coefficient (Wildman–Crippen LogP) is 2.73. The van der Waals surface area contributed by atoms with Crippen LogP contribution < -0.4 is 5.32 Å². The van der Waals surface area contributed by atoms with Gasteiger partial charge in [-0.05, 0) is 24.0 Å². The number of amides is 1. The van der Waals surface area contributed by atoms with E-state index in [0.29, 0.717) is 0 Å². The molecule has 2 aromatic carbocycles. The van der Waals surface area contributed by atoms with Crippen LogP contribution in [0.3, 0.4) is 0 Å². The standard InChI is InChI=1S/C24H26N4O/c1-27-22-12-14-28(13-11-20(22)23(26-27)17-7-3-2-4-8-17)24(29)21-15-18-9-5-6-10-19(18)16-25-21/h2-10,21,25H,11-16H2,1H3/t21-/m1/s1. The first-order valence-corrected chi connectivity index (χ1v) is 10.4. The largest absolute Gasteiger partial charge is 0.341 e. The molecule has 1 atom stereocenters. The Labute approximate surface area is 171 Å². The normalized spacial score (nSPS) is 18.7. The molecule has 1 aromatic heterocycles. The summed E-state index contributed by atoms with van der Waals surface area (Å²) in [7, 11) is 2.02. The minimum Gasteiger partial charge on any atom is -0.341 e. The molecule has 3 aromatic rings. The van der Waals surface area contributed by atoms with Crippen LogP contribution in [0.15, 0.2) is 54.6 Å². The molecule has 0 spiro atoms. The van der Waals surface area contributed by atoms with Gasteiger partial charge in [0, 0.05) is 49.9 Å². The first-order chi connectivity index (χ1) is 14.2. The molecule has 29 heavy (non-hydrogen) atoms. The van der Waals surface area contributed by atoms with Gasteiger partial charge < -0.3 is 10.2 Å². The Bertz CT molecular complexity index is 1040. The van der Waals surface area contributed by atoms with Crippen LogP contribution >= 0.6 is 0 Å². The fourth-order valence-electron chi connectivity index (χ4n) is 4.68. The van der Waals surface area contributed by atoms with Crippen LogP contribution in [0.4, 0.5) is 0 Å². The van der Waals surface area contributed by atoms with Gasteiger partial charge >= 0.3 is 0 Å². The van der Waals surface area contributed by atoms with Gasteiger partial charge in [-0.2, -0.15) is 5.10 Å². The van der Waals surface area contributed by atoms with Crippen molar-refractivity contribution < 1.29 is 4.79 Å². The van der Waals surface area contributed by atoms with Crippen molar-refractivity contribution in [2.45, 2.75) is 31.8 Å². The van der Waals surface area contributed by atoms with Crippen LogP contribution in [0.5, 0.6) is 0 Å². The average molecular weight is 386 g/mol. The van der Waals surface area contributed by atoms with Crippen molar-refractivity contribution in [3.8, 4) is 11.3 Å². The molecule has 5 nitrogen and oxygen atoms in total. The number of nitrogens with zero attached hydrogens (tertiary/aromatic N) is 3. The topological polar surface area (TPSA) is 50.2 Å². The van der Waals surface area contributed by atoms with Gasteiger partial charge in [-0.15, -0.1) is 0 Å². The van der Waals surface area contributed by atoms with Crippen molar-refractivity contribution in [3.63, 3.8) is 0 Å². The Hall–Kier alpha value is -2.92. The van der Waals surface area contributed by atoms with E-state index in [1.165, 1.54) is 22.4 Å². The van der Waals surface area contributed by atoms with Crippen molar-refractivity contribution in [3.05, 3.63) is 77.0 Å². The molecule has 0 radical (unpaired) electrons. The molecule has 5 rings (SSSR count). The van der Waals surface area contributed by atoms with E-state index in [1.807, 2.05) is 22.7 Å². The third-order valence-corrected chi connectivity index (χ3v) is 6.26. The lowest BCUT2D eigenvalue weighted by Crippen LogP contribution is -2.50. The molecule has 0 fully saturated rings. The maximum Gasteiger partial charge on any atom is 0.240 e. The second-order valence-electron chi connectivity index (χ2n) is 8.00. The fraction of sp³-hybridized carbons (Fsp3) is 0.333. The molecule has 2 aliphatic rings. The highest BCUT2D eigenvalue weighted by Gasteiger charge is 2.30. The highest BCUT2D eigenvalue weighted by Crippen LogP contribution is 2.28. The van der Waals surface area contributed by atoms with Crippen LogP contribution in [0.25, 0.3) is 11.3 Å². The summed E-state index contributed by atoms with van der Waals surface area (Å²) in [4.78, 5) is 15.3. The zero-order valence-corrected chi connectivity index (χ0v) is 16.8. The monoisotopic (exact) mass is 386 g/mol. The quantitative estimate of drug-likeness (QED) is 0.737. The molecule has 0 saturated carbocycles. The number of carbonyl (C=O) groups is 1. The minimum absolute atomic E-state index is 0.127. The molecule has 0 unspecified atom stereocenters. The molecule has 0 saturated heterocycles. The Morgan fingerprint density at radius 3 is 2.55 bits per heavy atom.